The molecule has 1 aliphatic carbocycles. The van der Waals surface area contributed by atoms with Gasteiger partial charge in [0.05, 0.1) is 0 Å². The summed E-state index contributed by atoms with van der Waals surface area (Å²) < 4.78 is 0. The van der Waals surface area contributed by atoms with Gasteiger partial charge in [0, 0.05) is 18.1 Å². The molecule has 1 saturated carbocycles. The van der Waals surface area contributed by atoms with Crippen LogP contribution in [0.1, 0.15) is 58.8 Å². The monoisotopic (exact) mass is 224 g/mol. The largest absolute Gasteiger partial charge is 0.313 e. The highest BCUT2D eigenvalue weighted by atomic mass is 15.2. The van der Waals surface area contributed by atoms with Gasteiger partial charge < -0.3 is 5.32 Å². The lowest BCUT2D eigenvalue weighted by Gasteiger charge is -2.41. The summed E-state index contributed by atoms with van der Waals surface area (Å²) >= 11 is 0. The van der Waals surface area contributed by atoms with Crippen molar-refractivity contribution in [1.82, 2.24) is 10.2 Å². The van der Waals surface area contributed by atoms with E-state index in [0.717, 1.165) is 24.7 Å². The molecule has 2 heteroatoms. The van der Waals surface area contributed by atoms with Crippen molar-refractivity contribution < 1.29 is 0 Å². The minimum atomic E-state index is 0.769. The van der Waals surface area contributed by atoms with E-state index in [1.807, 2.05) is 0 Å². The lowest BCUT2D eigenvalue weighted by Crippen LogP contribution is -2.53. The third kappa shape index (κ3) is 2.60. The topological polar surface area (TPSA) is 15.3 Å². The van der Waals surface area contributed by atoms with Crippen molar-refractivity contribution in [3.8, 4) is 0 Å². The Hall–Kier alpha value is -0.0800. The SMILES string of the molecule is CCNC1CCCCC1N1CCCC1CC. The first kappa shape index (κ1) is 12.4. The summed E-state index contributed by atoms with van der Waals surface area (Å²) in [6.45, 7) is 7.08. The summed E-state index contributed by atoms with van der Waals surface area (Å²) in [5.41, 5.74) is 0. The number of likely N-dealkylation sites (N-methyl/N-ethyl adjacent to an activating group) is 1. The Bertz CT molecular complexity index is 203. The molecular weight excluding hydrogens is 196 g/mol. The third-order valence-corrected chi connectivity index (χ3v) is 4.52. The normalized spacial score (nSPS) is 36.8. The Kier molecular flexibility index (Phi) is 4.66. The second kappa shape index (κ2) is 6.02. The second-order valence-corrected chi connectivity index (χ2v) is 5.46. The van der Waals surface area contributed by atoms with Crippen molar-refractivity contribution in [1.29, 1.82) is 0 Å². The predicted octanol–water partition coefficient (Wildman–Crippen LogP) is 2.78. The van der Waals surface area contributed by atoms with E-state index in [-0.39, 0.29) is 0 Å². The van der Waals surface area contributed by atoms with Crippen LogP contribution in [0.2, 0.25) is 0 Å². The standard InChI is InChI=1S/C14H28N2/c1-3-12-8-7-11-16(12)14-10-6-5-9-13(14)15-4-2/h12-15H,3-11H2,1-2H3. The molecule has 0 amide bonds. The van der Waals surface area contributed by atoms with Gasteiger partial charge in [-0.1, -0.05) is 26.7 Å². The Morgan fingerprint density at radius 3 is 2.62 bits per heavy atom. The maximum absolute atomic E-state index is 3.71. The molecule has 0 spiro atoms. The molecule has 3 unspecified atom stereocenters. The number of likely N-dealkylation sites (tertiary alicyclic amines) is 1. The molecule has 16 heavy (non-hydrogen) atoms. The van der Waals surface area contributed by atoms with E-state index in [1.54, 1.807) is 0 Å². The summed E-state index contributed by atoms with van der Waals surface area (Å²) in [6.07, 6.45) is 9.90. The van der Waals surface area contributed by atoms with Gasteiger partial charge in [0.15, 0.2) is 0 Å². The third-order valence-electron chi connectivity index (χ3n) is 4.52. The fraction of sp³-hybridized carbons (Fsp3) is 1.00. The maximum Gasteiger partial charge on any atom is 0.0252 e. The van der Waals surface area contributed by atoms with E-state index < -0.39 is 0 Å². The van der Waals surface area contributed by atoms with Crippen molar-refractivity contribution >= 4 is 0 Å². The summed E-state index contributed by atoms with van der Waals surface area (Å²) in [5, 5.41) is 3.71. The first-order chi connectivity index (χ1) is 7.86. The molecule has 2 nitrogen and oxygen atoms in total. The van der Waals surface area contributed by atoms with Crippen LogP contribution in [0.4, 0.5) is 0 Å². The van der Waals surface area contributed by atoms with E-state index in [1.165, 1.54) is 51.5 Å². The van der Waals surface area contributed by atoms with Crippen molar-refractivity contribution in [2.75, 3.05) is 13.1 Å². The van der Waals surface area contributed by atoms with Crippen LogP contribution in [0.5, 0.6) is 0 Å². The molecule has 2 fully saturated rings. The Morgan fingerprint density at radius 1 is 1.06 bits per heavy atom. The number of hydrogen-bond acceptors (Lipinski definition) is 2. The molecular formula is C14H28N2. The number of nitrogens with one attached hydrogen (secondary N) is 1. The van der Waals surface area contributed by atoms with Crippen LogP contribution in [0, 0.1) is 0 Å². The molecule has 2 aliphatic rings. The highest BCUT2D eigenvalue weighted by Gasteiger charge is 2.35. The first-order valence-electron chi connectivity index (χ1n) is 7.36. The molecule has 0 aromatic rings. The van der Waals surface area contributed by atoms with E-state index >= 15 is 0 Å². The summed E-state index contributed by atoms with van der Waals surface area (Å²) in [4.78, 5) is 2.83. The number of rotatable bonds is 4. The lowest BCUT2D eigenvalue weighted by atomic mass is 9.88. The second-order valence-electron chi connectivity index (χ2n) is 5.46. The van der Waals surface area contributed by atoms with E-state index in [0.29, 0.717) is 0 Å². The van der Waals surface area contributed by atoms with Gasteiger partial charge in [-0.25, -0.2) is 0 Å². The van der Waals surface area contributed by atoms with Gasteiger partial charge >= 0.3 is 0 Å². The first-order valence-corrected chi connectivity index (χ1v) is 7.36. The lowest BCUT2D eigenvalue weighted by molar-refractivity contribution is 0.108. The van der Waals surface area contributed by atoms with Gasteiger partial charge in [0.25, 0.3) is 0 Å². The average molecular weight is 224 g/mol. The molecule has 1 N–H and O–H groups in total. The summed E-state index contributed by atoms with van der Waals surface area (Å²) in [6, 6.07) is 2.48. The van der Waals surface area contributed by atoms with E-state index in [2.05, 4.69) is 24.1 Å². The Morgan fingerprint density at radius 2 is 1.88 bits per heavy atom. The molecule has 1 saturated heterocycles. The zero-order valence-corrected chi connectivity index (χ0v) is 11.0. The molecule has 0 aromatic heterocycles. The van der Waals surface area contributed by atoms with Crippen molar-refractivity contribution in [3.05, 3.63) is 0 Å². The van der Waals surface area contributed by atoms with Crippen LogP contribution >= 0.6 is 0 Å². The van der Waals surface area contributed by atoms with E-state index in [4.69, 9.17) is 0 Å². The Labute approximate surface area is 101 Å². The fourth-order valence-corrected chi connectivity index (χ4v) is 3.74. The highest BCUT2D eigenvalue weighted by molar-refractivity contribution is 4.93. The van der Waals surface area contributed by atoms with Crippen molar-refractivity contribution in [3.63, 3.8) is 0 Å². The maximum atomic E-state index is 3.71. The van der Waals surface area contributed by atoms with Crippen LogP contribution in [0.15, 0.2) is 0 Å². The summed E-state index contributed by atoms with van der Waals surface area (Å²) in [7, 11) is 0. The number of nitrogens with zero attached hydrogens (tertiary/aromatic N) is 1. The molecule has 2 rings (SSSR count). The van der Waals surface area contributed by atoms with Gasteiger partial charge in [0.1, 0.15) is 0 Å². The van der Waals surface area contributed by atoms with Crippen LogP contribution in [-0.4, -0.2) is 36.1 Å². The molecule has 0 aromatic carbocycles. The molecule has 1 aliphatic heterocycles. The quantitative estimate of drug-likeness (QED) is 0.790. The zero-order valence-electron chi connectivity index (χ0n) is 11.0. The zero-order chi connectivity index (χ0) is 11.4. The Balaban J connectivity index is 1.98. The van der Waals surface area contributed by atoms with Crippen LogP contribution in [0.25, 0.3) is 0 Å². The molecule has 94 valence electrons. The summed E-state index contributed by atoms with van der Waals surface area (Å²) in [5.74, 6) is 0. The van der Waals surface area contributed by atoms with Gasteiger partial charge in [-0.15, -0.1) is 0 Å². The molecule has 0 bridgehead atoms. The molecule has 3 atom stereocenters. The van der Waals surface area contributed by atoms with Gasteiger partial charge in [-0.05, 0) is 45.2 Å². The minimum Gasteiger partial charge on any atom is -0.313 e. The van der Waals surface area contributed by atoms with E-state index in [9.17, 15) is 0 Å². The minimum absolute atomic E-state index is 0.769. The smallest absolute Gasteiger partial charge is 0.0252 e. The van der Waals surface area contributed by atoms with Crippen molar-refractivity contribution in [2.45, 2.75) is 76.9 Å². The molecule has 1 heterocycles. The van der Waals surface area contributed by atoms with Crippen LogP contribution < -0.4 is 5.32 Å². The predicted molar refractivity (Wildman–Crippen MR) is 69.7 cm³/mol. The highest BCUT2D eigenvalue weighted by Crippen LogP contribution is 2.30. The van der Waals surface area contributed by atoms with Gasteiger partial charge in [0.2, 0.25) is 0 Å². The van der Waals surface area contributed by atoms with Gasteiger partial charge in [-0.3, -0.25) is 4.90 Å². The average Bonchev–Trinajstić information content (AvgIpc) is 2.78. The fourth-order valence-electron chi connectivity index (χ4n) is 3.74. The van der Waals surface area contributed by atoms with Crippen LogP contribution in [0.3, 0.4) is 0 Å². The van der Waals surface area contributed by atoms with Gasteiger partial charge in [-0.2, -0.15) is 0 Å². The number of hydrogen-bond donors (Lipinski definition) is 1. The molecule has 0 radical (unpaired) electrons. The van der Waals surface area contributed by atoms with Crippen LogP contribution in [-0.2, 0) is 0 Å². The van der Waals surface area contributed by atoms with Crippen molar-refractivity contribution in [2.24, 2.45) is 0 Å².